The second kappa shape index (κ2) is 6.54. The molecule has 0 aliphatic carbocycles. The van der Waals surface area contributed by atoms with E-state index in [9.17, 15) is 0 Å². The Morgan fingerprint density at radius 2 is 1.86 bits per heavy atom. The van der Waals surface area contributed by atoms with Crippen molar-refractivity contribution in [1.29, 1.82) is 0 Å². The molecule has 0 unspecified atom stereocenters. The van der Waals surface area contributed by atoms with E-state index in [4.69, 9.17) is 0 Å². The number of nitrogens with zero attached hydrogens (tertiary/aromatic N) is 5. The van der Waals surface area contributed by atoms with Gasteiger partial charge in [0.15, 0.2) is 5.65 Å². The first-order chi connectivity index (χ1) is 13.7. The van der Waals surface area contributed by atoms with Gasteiger partial charge >= 0.3 is 0 Å². The Hall–Kier alpha value is -3.58. The molecule has 0 spiro atoms. The molecule has 0 saturated carbocycles. The largest absolute Gasteiger partial charge is 0.338 e. The molecule has 0 saturated heterocycles. The van der Waals surface area contributed by atoms with E-state index in [1.54, 1.807) is 6.20 Å². The molecule has 0 aliphatic rings. The van der Waals surface area contributed by atoms with Gasteiger partial charge in [-0.2, -0.15) is 5.10 Å². The lowest BCUT2D eigenvalue weighted by molar-refractivity contribution is 0.402. The van der Waals surface area contributed by atoms with Crippen LogP contribution in [0, 0.1) is 0 Å². The van der Waals surface area contributed by atoms with E-state index >= 15 is 0 Å². The van der Waals surface area contributed by atoms with E-state index in [2.05, 4.69) is 53.2 Å². The quantitative estimate of drug-likeness (QED) is 0.505. The Balaban J connectivity index is 1.60. The lowest BCUT2D eigenvalue weighted by Gasteiger charge is -2.10. The van der Waals surface area contributed by atoms with Crippen LogP contribution in [0.2, 0.25) is 0 Å². The van der Waals surface area contributed by atoms with Gasteiger partial charge in [-0.15, -0.1) is 0 Å². The van der Waals surface area contributed by atoms with E-state index in [0.29, 0.717) is 0 Å². The molecule has 5 heterocycles. The van der Waals surface area contributed by atoms with Crippen molar-refractivity contribution >= 4 is 22.1 Å². The van der Waals surface area contributed by atoms with Gasteiger partial charge < -0.3 is 9.88 Å². The second-order valence-corrected chi connectivity index (χ2v) is 7.14. The molecule has 0 fully saturated rings. The molecule has 2 N–H and O–H groups in total. The number of pyridine rings is 3. The number of nitrogens with one attached hydrogen (secondary N) is 2. The number of rotatable bonds is 4. The van der Waals surface area contributed by atoms with Crippen molar-refractivity contribution in [3.63, 3.8) is 0 Å². The van der Waals surface area contributed by atoms with Crippen LogP contribution < -0.4 is 0 Å². The number of aromatic amines is 2. The van der Waals surface area contributed by atoms with Crippen LogP contribution in [0.4, 0.5) is 0 Å². The van der Waals surface area contributed by atoms with Gasteiger partial charge in [0.25, 0.3) is 0 Å². The highest BCUT2D eigenvalue weighted by Crippen LogP contribution is 2.30. The zero-order valence-corrected chi connectivity index (χ0v) is 15.6. The van der Waals surface area contributed by atoms with E-state index in [0.717, 1.165) is 56.7 Å². The second-order valence-electron chi connectivity index (χ2n) is 7.14. The number of fused-ring (bicyclic) bond motifs is 2. The van der Waals surface area contributed by atoms with Crippen LogP contribution >= 0.6 is 0 Å². The van der Waals surface area contributed by atoms with E-state index in [1.807, 2.05) is 44.8 Å². The van der Waals surface area contributed by atoms with Crippen molar-refractivity contribution in [2.45, 2.75) is 6.54 Å². The smallest absolute Gasteiger partial charge is 0.155 e. The van der Waals surface area contributed by atoms with Crippen LogP contribution in [-0.4, -0.2) is 49.1 Å². The van der Waals surface area contributed by atoms with Crippen molar-refractivity contribution < 1.29 is 0 Å². The van der Waals surface area contributed by atoms with Gasteiger partial charge in [-0.25, -0.2) is 9.97 Å². The standard InChI is InChI=1S/C21H19N7/c1-28(2)12-13-6-15(10-22-9-13)16-7-17-19(26-27-21(17)24-11-16)18-8-14-4-3-5-23-20(14)25-18/h3-11H,12H2,1-2H3,(H,23,25)(H,24,26,27). The summed E-state index contributed by atoms with van der Waals surface area (Å²) in [7, 11) is 4.10. The molecule has 0 radical (unpaired) electrons. The summed E-state index contributed by atoms with van der Waals surface area (Å²) in [4.78, 5) is 18.8. The van der Waals surface area contributed by atoms with Gasteiger partial charge in [0.05, 0.1) is 5.69 Å². The van der Waals surface area contributed by atoms with Crippen LogP contribution in [0.3, 0.4) is 0 Å². The third kappa shape index (κ3) is 2.91. The summed E-state index contributed by atoms with van der Waals surface area (Å²) in [6, 6.07) is 10.3. The fourth-order valence-corrected chi connectivity index (χ4v) is 3.45. The average molecular weight is 369 g/mol. The van der Waals surface area contributed by atoms with Gasteiger partial charge in [-0.1, -0.05) is 0 Å². The van der Waals surface area contributed by atoms with Crippen LogP contribution in [0.15, 0.2) is 55.1 Å². The topological polar surface area (TPSA) is 86.4 Å². The summed E-state index contributed by atoms with van der Waals surface area (Å²) >= 11 is 0. The Bertz CT molecular complexity index is 1250. The van der Waals surface area contributed by atoms with Crippen molar-refractivity contribution in [2.24, 2.45) is 0 Å². The molecule has 0 aromatic carbocycles. The third-order valence-electron chi connectivity index (χ3n) is 4.69. The maximum absolute atomic E-state index is 4.56. The lowest BCUT2D eigenvalue weighted by Crippen LogP contribution is -2.10. The monoisotopic (exact) mass is 369 g/mol. The molecule has 5 aromatic rings. The van der Waals surface area contributed by atoms with Gasteiger partial charge in [-0.3, -0.25) is 10.1 Å². The summed E-state index contributed by atoms with van der Waals surface area (Å²) in [6.45, 7) is 0.843. The van der Waals surface area contributed by atoms with Crippen LogP contribution in [-0.2, 0) is 6.54 Å². The van der Waals surface area contributed by atoms with Crippen LogP contribution in [0.1, 0.15) is 5.56 Å². The van der Waals surface area contributed by atoms with Gasteiger partial charge in [-0.05, 0) is 50.0 Å². The number of H-pyrrole nitrogens is 2. The minimum atomic E-state index is 0.753. The number of aromatic nitrogens is 6. The summed E-state index contributed by atoms with van der Waals surface area (Å²) in [5, 5.41) is 9.52. The maximum atomic E-state index is 4.56. The van der Waals surface area contributed by atoms with Crippen molar-refractivity contribution in [1.82, 2.24) is 35.0 Å². The molecular weight excluding hydrogens is 350 g/mol. The molecule has 0 amide bonds. The zero-order valence-electron chi connectivity index (χ0n) is 15.6. The zero-order chi connectivity index (χ0) is 19.1. The summed E-state index contributed by atoms with van der Waals surface area (Å²) in [5.41, 5.74) is 6.56. The molecule has 138 valence electrons. The summed E-state index contributed by atoms with van der Waals surface area (Å²) in [5.74, 6) is 0. The average Bonchev–Trinajstić information content (AvgIpc) is 3.30. The maximum Gasteiger partial charge on any atom is 0.155 e. The molecular formula is C21H19N7. The van der Waals surface area contributed by atoms with E-state index in [-0.39, 0.29) is 0 Å². The Morgan fingerprint density at radius 3 is 2.71 bits per heavy atom. The van der Waals surface area contributed by atoms with E-state index in [1.165, 1.54) is 0 Å². The lowest BCUT2D eigenvalue weighted by atomic mass is 10.1. The minimum Gasteiger partial charge on any atom is -0.338 e. The molecule has 7 nitrogen and oxygen atoms in total. The van der Waals surface area contributed by atoms with E-state index < -0.39 is 0 Å². The molecule has 0 bridgehead atoms. The minimum absolute atomic E-state index is 0.753. The predicted molar refractivity (Wildman–Crippen MR) is 110 cm³/mol. The normalized spacial score (nSPS) is 11.7. The van der Waals surface area contributed by atoms with Crippen LogP contribution in [0.5, 0.6) is 0 Å². The SMILES string of the molecule is CN(C)Cc1cncc(-c2cnc3[nH]nc(-c4cc5cccnc5[nH]4)c3c2)c1. The summed E-state index contributed by atoms with van der Waals surface area (Å²) in [6.07, 6.45) is 7.40. The molecule has 5 rings (SSSR count). The summed E-state index contributed by atoms with van der Waals surface area (Å²) < 4.78 is 0. The highest BCUT2D eigenvalue weighted by Gasteiger charge is 2.13. The van der Waals surface area contributed by atoms with Gasteiger partial charge in [0, 0.05) is 53.2 Å². The molecule has 0 aliphatic heterocycles. The van der Waals surface area contributed by atoms with Crippen molar-refractivity contribution in [3.05, 3.63) is 60.7 Å². The number of hydrogen-bond acceptors (Lipinski definition) is 5. The third-order valence-corrected chi connectivity index (χ3v) is 4.69. The first-order valence-electron chi connectivity index (χ1n) is 9.04. The molecule has 5 aromatic heterocycles. The first-order valence-corrected chi connectivity index (χ1v) is 9.04. The Kier molecular flexibility index (Phi) is 3.87. The highest BCUT2D eigenvalue weighted by molar-refractivity contribution is 5.95. The Labute approximate surface area is 161 Å². The molecule has 0 atom stereocenters. The van der Waals surface area contributed by atoms with Crippen molar-refractivity contribution in [3.8, 4) is 22.5 Å². The van der Waals surface area contributed by atoms with Crippen LogP contribution in [0.25, 0.3) is 44.6 Å². The predicted octanol–water partition coefficient (Wildman–Crippen LogP) is 3.62. The Morgan fingerprint density at radius 1 is 0.964 bits per heavy atom. The van der Waals surface area contributed by atoms with Crippen molar-refractivity contribution in [2.75, 3.05) is 14.1 Å². The fourth-order valence-electron chi connectivity index (χ4n) is 3.45. The van der Waals surface area contributed by atoms with Gasteiger partial charge in [0.2, 0.25) is 0 Å². The fraction of sp³-hybridized carbons (Fsp3) is 0.143. The highest BCUT2D eigenvalue weighted by atomic mass is 15.2. The van der Waals surface area contributed by atoms with Gasteiger partial charge in [0.1, 0.15) is 11.3 Å². The first kappa shape index (κ1) is 16.6. The number of hydrogen-bond donors (Lipinski definition) is 2. The molecule has 7 heteroatoms. The molecule has 28 heavy (non-hydrogen) atoms.